The van der Waals surface area contributed by atoms with Crippen molar-refractivity contribution in [2.24, 2.45) is 0 Å². The Morgan fingerprint density at radius 1 is 1.19 bits per heavy atom. The molecule has 1 aromatic carbocycles. The molecule has 0 bridgehead atoms. The van der Waals surface area contributed by atoms with Crippen LogP contribution in [0.2, 0.25) is 0 Å². The van der Waals surface area contributed by atoms with Crippen molar-refractivity contribution in [3.8, 4) is 0 Å². The average molecular weight is 372 g/mol. The molecule has 0 atom stereocenters. The van der Waals surface area contributed by atoms with Gasteiger partial charge in [-0.05, 0) is 31.0 Å². The molecular weight excluding hydrogens is 348 g/mol. The van der Waals surface area contributed by atoms with Gasteiger partial charge >= 0.3 is 0 Å². The number of piperazine rings is 1. The number of carbonyl (C=O) groups excluding carboxylic acids is 2. The molecule has 1 N–H and O–H groups in total. The summed E-state index contributed by atoms with van der Waals surface area (Å²) in [6.45, 7) is 8.78. The van der Waals surface area contributed by atoms with E-state index in [1.807, 2.05) is 10.3 Å². The predicted molar refractivity (Wildman–Crippen MR) is 105 cm³/mol. The van der Waals surface area contributed by atoms with Gasteiger partial charge in [-0.2, -0.15) is 0 Å². The second kappa shape index (κ2) is 7.86. The molecular formula is C19H24N4O2S. The molecule has 0 spiro atoms. The summed E-state index contributed by atoms with van der Waals surface area (Å²) < 4.78 is 0. The Bertz CT molecular complexity index is 810. The summed E-state index contributed by atoms with van der Waals surface area (Å²) in [7, 11) is 0. The van der Waals surface area contributed by atoms with E-state index in [9.17, 15) is 9.59 Å². The Balaban J connectivity index is 1.56. The summed E-state index contributed by atoms with van der Waals surface area (Å²) in [4.78, 5) is 32.2. The van der Waals surface area contributed by atoms with E-state index < -0.39 is 0 Å². The summed E-state index contributed by atoms with van der Waals surface area (Å²) in [5.41, 5.74) is 4.49. The van der Waals surface area contributed by atoms with E-state index in [1.54, 1.807) is 0 Å². The Labute approximate surface area is 157 Å². The van der Waals surface area contributed by atoms with Gasteiger partial charge in [0.1, 0.15) is 0 Å². The first-order valence-corrected chi connectivity index (χ1v) is 9.62. The Morgan fingerprint density at radius 2 is 1.92 bits per heavy atom. The zero-order valence-corrected chi connectivity index (χ0v) is 16.2. The Hall–Kier alpha value is -2.41. The zero-order chi connectivity index (χ0) is 18.7. The highest BCUT2D eigenvalue weighted by Gasteiger charge is 2.23. The van der Waals surface area contributed by atoms with E-state index in [4.69, 9.17) is 0 Å². The number of amides is 2. The number of aryl methyl sites for hydroxylation is 2. The van der Waals surface area contributed by atoms with Crippen LogP contribution in [0.3, 0.4) is 0 Å². The lowest BCUT2D eigenvalue weighted by Crippen LogP contribution is -2.49. The molecule has 2 aromatic rings. The molecule has 1 aliphatic heterocycles. The lowest BCUT2D eigenvalue weighted by atomic mass is 10.1. The summed E-state index contributed by atoms with van der Waals surface area (Å²) in [6, 6.07) is 6.49. The van der Waals surface area contributed by atoms with Crippen molar-refractivity contribution in [3.63, 3.8) is 0 Å². The van der Waals surface area contributed by atoms with Crippen LogP contribution in [0.15, 0.2) is 23.6 Å². The summed E-state index contributed by atoms with van der Waals surface area (Å²) in [6.07, 6.45) is 0.277. The fourth-order valence-electron chi connectivity index (χ4n) is 3.12. The van der Waals surface area contributed by atoms with Gasteiger partial charge in [0.25, 0.3) is 0 Å². The second-order valence-corrected chi connectivity index (χ2v) is 7.52. The van der Waals surface area contributed by atoms with Crippen molar-refractivity contribution in [1.82, 2.24) is 9.88 Å². The number of carbonyl (C=O) groups is 2. The van der Waals surface area contributed by atoms with Gasteiger partial charge in [-0.25, -0.2) is 4.98 Å². The summed E-state index contributed by atoms with van der Waals surface area (Å²) >= 11 is 1.35. The van der Waals surface area contributed by atoms with Gasteiger partial charge in [-0.3, -0.25) is 9.59 Å². The third kappa shape index (κ3) is 4.40. The van der Waals surface area contributed by atoms with Crippen LogP contribution in [0.5, 0.6) is 0 Å². The van der Waals surface area contributed by atoms with Crippen LogP contribution in [0, 0.1) is 13.8 Å². The van der Waals surface area contributed by atoms with Crippen LogP contribution in [0.1, 0.15) is 23.7 Å². The van der Waals surface area contributed by atoms with Gasteiger partial charge in [0, 0.05) is 44.2 Å². The van der Waals surface area contributed by atoms with E-state index in [2.05, 4.69) is 47.2 Å². The number of rotatable bonds is 4. The number of hydrogen-bond donors (Lipinski definition) is 1. The van der Waals surface area contributed by atoms with Crippen LogP contribution in [0.4, 0.5) is 10.8 Å². The SMILES string of the molecule is CC(=O)Nc1nc(CC(=O)N2CCN(c3cc(C)ccc3C)CC2)cs1. The maximum Gasteiger partial charge on any atom is 0.228 e. The maximum absolute atomic E-state index is 12.5. The lowest BCUT2D eigenvalue weighted by molar-refractivity contribution is -0.130. The summed E-state index contributed by atoms with van der Waals surface area (Å²) in [5.74, 6) is -0.0647. The van der Waals surface area contributed by atoms with Crippen LogP contribution in [-0.4, -0.2) is 47.9 Å². The van der Waals surface area contributed by atoms with Crippen molar-refractivity contribution < 1.29 is 9.59 Å². The first-order chi connectivity index (χ1) is 12.4. The average Bonchev–Trinajstić information content (AvgIpc) is 3.03. The molecule has 1 aromatic heterocycles. The molecule has 26 heavy (non-hydrogen) atoms. The molecule has 1 saturated heterocycles. The smallest absolute Gasteiger partial charge is 0.228 e. The molecule has 0 saturated carbocycles. The normalized spacial score (nSPS) is 14.4. The molecule has 0 aliphatic carbocycles. The van der Waals surface area contributed by atoms with E-state index in [1.165, 1.54) is 35.1 Å². The van der Waals surface area contributed by atoms with E-state index in [0.29, 0.717) is 10.8 Å². The van der Waals surface area contributed by atoms with Crippen LogP contribution in [0.25, 0.3) is 0 Å². The van der Waals surface area contributed by atoms with Crippen molar-refractivity contribution >= 4 is 34.0 Å². The molecule has 3 rings (SSSR count). The van der Waals surface area contributed by atoms with Crippen molar-refractivity contribution in [2.75, 3.05) is 36.4 Å². The van der Waals surface area contributed by atoms with Gasteiger partial charge in [-0.15, -0.1) is 11.3 Å². The van der Waals surface area contributed by atoms with Gasteiger partial charge in [-0.1, -0.05) is 12.1 Å². The monoisotopic (exact) mass is 372 g/mol. The molecule has 138 valence electrons. The zero-order valence-electron chi connectivity index (χ0n) is 15.4. The lowest BCUT2D eigenvalue weighted by Gasteiger charge is -2.37. The molecule has 0 unspecified atom stereocenters. The number of anilines is 2. The molecule has 7 heteroatoms. The largest absolute Gasteiger partial charge is 0.368 e. The Morgan fingerprint density at radius 3 is 2.62 bits per heavy atom. The topological polar surface area (TPSA) is 65.5 Å². The number of thiazole rings is 1. The van der Waals surface area contributed by atoms with Gasteiger partial charge in [0.15, 0.2) is 5.13 Å². The minimum atomic E-state index is -0.153. The third-order valence-corrected chi connectivity index (χ3v) is 5.31. The molecule has 1 aliphatic rings. The van der Waals surface area contributed by atoms with E-state index >= 15 is 0 Å². The highest BCUT2D eigenvalue weighted by molar-refractivity contribution is 7.13. The second-order valence-electron chi connectivity index (χ2n) is 6.66. The minimum absolute atomic E-state index is 0.0882. The maximum atomic E-state index is 12.5. The Kier molecular flexibility index (Phi) is 5.56. The predicted octanol–water partition coefficient (Wildman–Crippen LogP) is 2.61. The standard InChI is InChI=1S/C19H24N4O2S/c1-13-4-5-14(2)17(10-13)22-6-8-23(9-7-22)18(25)11-16-12-26-19(21-16)20-15(3)24/h4-5,10,12H,6-9,11H2,1-3H3,(H,20,21,24). The highest BCUT2D eigenvalue weighted by atomic mass is 32.1. The van der Waals surface area contributed by atoms with E-state index in [-0.39, 0.29) is 18.2 Å². The molecule has 2 heterocycles. The first-order valence-electron chi connectivity index (χ1n) is 8.74. The third-order valence-electron chi connectivity index (χ3n) is 4.50. The number of hydrogen-bond acceptors (Lipinski definition) is 5. The number of aromatic nitrogens is 1. The van der Waals surface area contributed by atoms with Crippen LogP contribution in [-0.2, 0) is 16.0 Å². The summed E-state index contributed by atoms with van der Waals surface area (Å²) in [5, 5.41) is 5.02. The fourth-order valence-corrected chi connectivity index (χ4v) is 3.88. The molecule has 6 nitrogen and oxygen atoms in total. The van der Waals surface area contributed by atoms with Crippen molar-refractivity contribution in [3.05, 3.63) is 40.4 Å². The van der Waals surface area contributed by atoms with Crippen LogP contribution < -0.4 is 10.2 Å². The fraction of sp³-hybridized carbons (Fsp3) is 0.421. The van der Waals surface area contributed by atoms with Gasteiger partial charge in [0.05, 0.1) is 12.1 Å². The van der Waals surface area contributed by atoms with E-state index in [0.717, 1.165) is 26.2 Å². The molecule has 1 fully saturated rings. The van der Waals surface area contributed by atoms with Gasteiger partial charge in [0.2, 0.25) is 11.8 Å². The van der Waals surface area contributed by atoms with Crippen molar-refractivity contribution in [2.45, 2.75) is 27.2 Å². The number of benzene rings is 1. The molecule has 2 amide bonds. The number of nitrogens with one attached hydrogen (secondary N) is 1. The highest BCUT2D eigenvalue weighted by Crippen LogP contribution is 2.23. The quantitative estimate of drug-likeness (QED) is 0.896. The first kappa shape index (κ1) is 18.4. The molecule has 0 radical (unpaired) electrons. The van der Waals surface area contributed by atoms with Gasteiger partial charge < -0.3 is 15.1 Å². The van der Waals surface area contributed by atoms with Crippen LogP contribution >= 0.6 is 11.3 Å². The van der Waals surface area contributed by atoms with Crippen molar-refractivity contribution in [1.29, 1.82) is 0 Å². The number of nitrogens with zero attached hydrogens (tertiary/aromatic N) is 3. The minimum Gasteiger partial charge on any atom is -0.368 e.